The molecule has 1 aromatic heterocycles. The Bertz CT molecular complexity index is 690. The van der Waals surface area contributed by atoms with Crippen LogP contribution < -0.4 is 10.6 Å². The third-order valence-corrected chi connectivity index (χ3v) is 3.97. The van der Waals surface area contributed by atoms with Crippen molar-refractivity contribution >= 4 is 16.6 Å². The number of halogens is 3. The summed E-state index contributed by atoms with van der Waals surface area (Å²) in [4.78, 5) is 4.06. The van der Waals surface area contributed by atoms with Crippen LogP contribution in [0.3, 0.4) is 0 Å². The highest BCUT2D eigenvalue weighted by Crippen LogP contribution is 2.32. The lowest BCUT2D eigenvalue weighted by atomic mass is 9.92. The first-order valence-corrected chi connectivity index (χ1v) is 8.57. The van der Waals surface area contributed by atoms with Crippen LogP contribution in [0, 0.1) is 5.41 Å². The maximum absolute atomic E-state index is 12.8. The highest BCUT2D eigenvalue weighted by molar-refractivity contribution is 5.91. The quantitative estimate of drug-likeness (QED) is 0.682. The lowest BCUT2D eigenvalue weighted by Crippen LogP contribution is -2.23. The number of fused-ring (bicyclic) bond motifs is 1. The molecule has 2 rings (SSSR count). The van der Waals surface area contributed by atoms with Gasteiger partial charge in [0, 0.05) is 23.8 Å². The van der Waals surface area contributed by atoms with Gasteiger partial charge >= 0.3 is 6.18 Å². The van der Waals surface area contributed by atoms with Gasteiger partial charge in [0.2, 0.25) is 0 Å². The van der Waals surface area contributed by atoms with E-state index in [4.69, 9.17) is 0 Å². The third kappa shape index (κ3) is 6.20. The summed E-state index contributed by atoms with van der Waals surface area (Å²) in [5.74, 6) is 0. The first kappa shape index (κ1) is 19.5. The molecule has 0 aliphatic rings. The van der Waals surface area contributed by atoms with Crippen molar-refractivity contribution in [2.24, 2.45) is 5.41 Å². The van der Waals surface area contributed by atoms with Crippen molar-refractivity contribution < 1.29 is 13.2 Å². The highest BCUT2D eigenvalue weighted by atomic mass is 19.4. The van der Waals surface area contributed by atoms with Gasteiger partial charge in [0.15, 0.2) is 0 Å². The Morgan fingerprint density at radius 2 is 1.76 bits per heavy atom. The molecule has 0 aliphatic carbocycles. The molecule has 138 valence electrons. The molecule has 1 aromatic carbocycles. The van der Waals surface area contributed by atoms with Crippen molar-refractivity contribution in [3.05, 3.63) is 36.0 Å². The molecule has 0 unspecified atom stereocenters. The monoisotopic (exact) mass is 353 g/mol. The zero-order valence-electron chi connectivity index (χ0n) is 15.0. The molecule has 2 aromatic rings. The van der Waals surface area contributed by atoms with Gasteiger partial charge in [-0.2, -0.15) is 13.2 Å². The predicted octanol–water partition coefficient (Wildman–Crippen LogP) is 5.08. The summed E-state index contributed by atoms with van der Waals surface area (Å²) in [7, 11) is 0. The third-order valence-electron chi connectivity index (χ3n) is 3.97. The fraction of sp³-hybridized carbons (Fsp3) is 0.526. The zero-order valence-corrected chi connectivity index (χ0v) is 15.0. The largest absolute Gasteiger partial charge is 0.416 e. The lowest BCUT2D eigenvalue weighted by Gasteiger charge is -2.18. The summed E-state index contributed by atoms with van der Waals surface area (Å²) in [6.07, 6.45) is -0.754. The van der Waals surface area contributed by atoms with Crippen molar-refractivity contribution in [3.63, 3.8) is 0 Å². The maximum Gasteiger partial charge on any atom is 0.416 e. The molecular formula is C19H26F3N3. The fourth-order valence-electron chi connectivity index (χ4n) is 2.50. The van der Waals surface area contributed by atoms with Crippen molar-refractivity contribution in [3.8, 4) is 0 Å². The highest BCUT2D eigenvalue weighted by Gasteiger charge is 2.30. The Hall–Kier alpha value is -1.82. The molecule has 0 bridgehead atoms. The van der Waals surface area contributed by atoms with E-state index in [0.29, 0.717) is 16.3 Å². The van der Waals surface area contributed by atoms with Gasteiger partial charge < -0.3 is 10.6 Å². The molecule has 2 N–H and O–H groups in total. The Morgan fingerprint density at radius 1 is 1.00 bits per heavy atom. The van der Waals surface area contributed by atoms with Gasteiger partial charge in [-0.25, -0.2) is 0 Å². The van der Waals surface area contributed by atoms with E-state index in [0.717, 1.165) is 50.3 Å². The molecule has 3 nitrogen and oxygen atoms in total. The van der Waals surface area contributed by atoms with Gasteiger partial charge in [0.25, 0.3) is 0 Å². The van der Waals surface area contributed by atoms with E-state index in [-0.39, 0.29) is 0 Å². The summed E-state index contributed by atoms with van der Waals surface area (Å²) in [6.45, 7) is 9.30. The van der Waals surface area contributed by atoms with Crippen LogP contribution in [-0.4, -0.2) is 24.6 Å². The Labute approximate surface area is 147 Å². The number of anilines is 1. The molecule has 0 spiro atoms. The molecule has 0 saturated heterocycles. The summed E-state index contributed by atoms with van der Waals surface area (Å²) >= 11 is 0. The van der Waals surface area contributed by atoms with E-state index in [1.165, 1.54) is 12.3 Å². The number of benzene rings is 1. The number of alkyl halides is 3. The normalized spacial score (nSPS) is 12.6. The first-order chi connectivity index (χ1) is 11.7. The second kappa shape index (κ2) is 8.04. The molecule has 25 heavy (non-hydrogen) atoms. The molecule has 1 heterocycles. The van der Waals surface area contributed by atoms with E-state index in [9.17, 15) is 13.2 Å². The smallest absolute Gasteiger partial charge is 0.384 e. The number of pyridine rings is 1. The number of hydrogen-bond donors (Lipinski definition) is 2. The topological polar surface area (TPSA) is 37.0 Å². The zero-order chi connectivity index (χ0) is 18.5. The molecule has 6 heteroatoms. The minimum Gasteiger partial charge on any atom is -0.384 e. The average Bonchev–Trinajstić information content (AvgIpc) is 2.51. The lowest BCUT2D eigenvalue weighted by molar-refractivity contribution is -0.137. The van der Waals surface area contributed by atoms with E-state index >= 15 is 0 Å². The summed E-state index contributed by atoms with van der Waals surface area (Å²) in [6, 6.07) is 5.47. The summed E-state index contributed by atoms with van der Waals surface area (Å²) < 4.78 is 38.4. The molecule has 0 aliphatic heterocycles. The second-order valence-corrected chi connectivity index (χ2v) is 7.43. The number of nitrogens with zero attached hydrogens (tertiary/aromatic N) is 1. The van der Waals surface area contributed by atoms with Gasteiger partial charge in [0.1, 0.15) is 0 Å². The number of nitrogens with one attached hydrogen (secondary N) is 2. The Balaban J connectivity index is 1.87. The molecule has 0 fully saturated rings. The fourth-order valence-corrected chi connectivity index (χ4v) is 2.50. The van der Waals surface area contributed by atoms with Crippen LogP contribution in [0.25, 0.3) is 10.9 Å². The molecule has 0 radical (unpaired) electrons. The minimum absolute atomic E-state index is 0.330. The van der Waals surface area contributed by atoms with Crippen molar-refractivity contribution in [2.75, 3.05) is 25.0 Å². The maximum atomic E-state index is 12.8. The van der Waals surface area contributed by atoms with Crippen LogP contribution in [0.4, 0.5) is 18.9 Å². The van der Waals surface area contributed by atoms with E-state index in [1.807, 2.05) is 0 Å². The average molecular weight is 353 g/mol. The summed E-state index contributed by atoms with van der Waals surface area (Å²) in [5, 5.41) is 7.41. The molecule has 0 atom stereocenters. The van der Waals surface area contributed by atoms with Crippen molar-refractivity contribution in [1.82, 2.24) is 10.3 Å². The van der Waals surface area contributed by atoms with Crippen LogP contribution in [0.1, 0.15) is 39.2 Å². The SMILES string of the molecule is CC(C)(C)CCNCCCNc1ccnc2cc(C(F)(F)F)ccc12. The van der Waals surface area contributed by atoms with Gasteiger partial charge in [-0.1, -0.05) is 26.8 Å². The van der Waals surface area contributed by atoms with Crippen LogP contribution in [-0.2, 0) is 6.18 Å². The first-order valence-electron chi connectivity index (χ1n) is 8.57. The van der Waals surface area contributed by atoms with E-state index < -0.39 is 11.7 Å². The number of aromatic nitrogens is 1. The molecule has 0 saturated carbocycles. The van der Waals surface area contributed by atoms with Crippen molar-refractivity contribution in [2.45, 2.75) is 39.8 Å². The van der Waals surface area contributed by atoms with Crippen LogP contribution in [0.15, 0.2) is 30.5 Å². The van der Waals surface area contributed by atoms with E-state index in [1.54, 1.807) is 6.07 Å². The van der Waals surface area contributed by atoms with Crippen molar-refractivity contribution in [1.29, 1.82) is 0 Å². The van der Waals surface area contributed by atoms with Gasteiger partial charge in [0.05, 0.1) is 11.1 Å². The van der Waals surface area contributed by atoms with E-state index in [2.05, 4.69) is 36.4 Å². The standard InChI is InChI=1S/C19H26F3N3/c1-18(2,3)8-12-23-9-4-10-24-16-7-11-25-17-13-14(19(20,21)22)5-6-15(16)17/h5-7,11,13,23H,4,8-10,12H2,1-3H3,(H,24,25). The van der Waals surface area contributed by atoms with Gasteiger partial charge in [-0.3, -0.25) is 4.98 Å². The van der Waals surface area contributed by atoms with Crippen LogP contribution >= 0.6 is 0 Å². The van der Waals surface area contributed by atoms with Crippen LogP contribution in [0.2, 0.25) is 0 Å². The predicted molar refractivity (Wildman–Crippen MR) is 96.8 cm³/mol. The Morgan fingerprint density at radius 3 is 2.44 bits per heavy atom. The Kier molecular flexibility index (Phi) is 6.27. The minimum atomic E-state index is -4.35. The summed E-state index contributed by atoms with van der Waals surface area (Å²) in [5.41, 5.74) is 0.820. The van der Waals surface area contributed by atoms with Gasteiger partial charge in [-0.15, -0.1) is 0 Å². The number of rotatable bonds is 7. The molecular weight excluding hydrogens is 327 g/mol. The second-order valence-electron chi connectivity index (χ2n) is 7.43. The molecule has 0 amide bonds. The number of hydrogen-bond acceptors (Lipinski definition) is 3. The van der Waals surface area contributed by atoms with Crippen LogP contribution in [0.5, 0.6) is 0 Å². The van der Waals surface area contributed by atoms with Gasteiger partial charge in [-0.05, 0) is 49.5 Å².